The minimum Gasteiger partial charge on any atom is -0.351 e. The van der Waals surface area contributed by atoms with Gasteiger partial charge in [0.2, 0.25) is 0 Å². The van der Waals surface area contributed by atoms with Crippen LogP contribution in [0, 0.1) is 11.3 Å². The third-order valence-corrected chi connectivity index (χ3v) is 4.42. The van der Waals surface area contributed by atoms with Gasteiger partial charge in [-0.15, -0.1) is 11.3 Å². The topological polar surface area (TPSA) is 39.9 Å². The molecule has 1 aliphatic rings. The highest BCUT2D eigenvalue weighted by Crippen LogP contribution is 2.33. The summed E-state index contributed by atoms with van der Waals surface area (Å²) in [6.45, 7) is 1.05. The lowest BCUT2D eigenvalue weighted by molar-refractivity contribution is -0.141. The third-order valence-electron chi connectivity index (χ3n) is 3.39. The van der Waals surface area contributed by atoms with Gasteiger partial charge in [-0.3, -0.25) is 0 Å². The Hall–Kier alpha value is -2.07. The zero-order valence-corrected chi connectivity index (χ0v) is 11.6. The minimum atomic E-state index is -4.51. The van der Waals surface area contributed by atoms with E-state index in [9.17, 15) is 13.2 Å². The van der Waals surface area contributed by atoms with E-state index in [1.165, 1.54) is 10.9 Å². The number of hydrogen-bond acceptors (Lipinski definition) is 4. The van der Waals surface area contributed by atoms with E-state index in [0.29, 0.717) is 13.1 Å². The minimum absolute atomic E-state index is 0.115. The van der Waals surface area contributed by atoms with Gasteiger partial charge in [-0.1, -0.05) is 0 Å². The van der Waals surface area contributed by atoms with Crippen molar-refractivity contribution in [3.63, 3.8) is 0 Å². The van der Waals surface area contributed by atoms with Gasteiger partial charge in [0.25, 0.3) is 0 Å². The lowest BCUT2D eigenvalue weighted by Crippen LogP contribution is -2.31. The summed E-state index contributed by atoms with van der Waals surface area (Å²) in [6.07, 6.45) is -3.75. The lowest BCUT2D eigenvalue weighted by atomic mass is 10.1. The highest BCUT2D eigenvalue weighted by atomic mass is 32.1. The van der Waals surface area contributed by atoms with E-state index >= 15 is 0 Å². The SMILES string of the molecule is N#Cc1ccc(C(F)(F)F)nc1N1CCc2sccc2C1. The maximum atomic E-state index is 12.8. The summed E-state index contributed by atoms with van der Waals surface area (Å²) in [4.78, 5) is 6.66. The van der Waals surface area contributed by atoms with Crippen LogP contribution in [0.25, 0.3) is 0 Å². The fraction of sp³-hybridized carbons (Fsp3) is 0.286. The average Bonchev–Trinajstić information content (AvgIpc) is 2.93. The van der Waals surface area contributed by atoms with Crippen LogP contribution in [0.3, 0.4) is 0 Å². The number of hydrogen-bond donors (Lipinski definition) is 0. The number of halogens is 3. The molecular formula is C14H10F3N3S. The molecule has 0 saturated heterocycles. The summed E-state index contributed by atoms with van der Waals surface area (Å²) in [5.74, 6) is 0.115. The van der Waals surface area contributed by atoms with Crippen molar-refractivity contribution in [2.75, 3.05) is 11.4 Å². The van der Waals surface area contributed by atoms with Crippen molar-refractivity contribution >= 4 is 17.2 Å². The van der Waals surface area contributed by atoms with Gasteiger partial charge in [-0.25, -0.2) is 4.98 Å². The average molecular weight is 309 g/mol. The first-order valence-electron chi connectivity index (χ1n) is 6.27. The maximum Gasteiger partial charge on any atom is 0.433 e. The van der Waals surface area contributed by atoms with Crippen LogP contribution >= 0.6 is 11.3 Å². The molecule has 1 aliphatic heterocycles. The highest BCUT2D eigenvalue weighted by molar-refractivity contribution is 7.10. The molecule has 2 aromatic heterocycles. The Kier molecular flexibility index (Phi) is 3.33. The van der Waals surface area contributed by atoms with Crippen molar-refractivity contribution in [1.29, 1.82) is 5.26 Å². The Morgan fingerprint density at radius 3 is 2.81 bits per heavy atom. The first-order chi connectivity index (χ1) is 9.99. The second kappa shape index (κ2) is 5.04. The third kappa shape index (κ3) is 2.59. The van der Waals surface area contributed by atoms with Gasteiger partial charge in [0, 0.05) is 18.0 Å². The summed E-state index contributed by atoms with van der Waals surface area (Å²) in [5.41, 5.74) is 0.295. The molecule has 0 fully saturated rings. The van der Waals surface area contributed by atoms with Gasteiger partial charge in [0.1, 0.15) is 17.6 Å². The van der Waals surface area contributed by atoms with E-state index in [0.717, 1.165) is 18.1 Å². The normalized spacial score (nSPS) is 14.7. The molecule has 0 N–H and O–H groups in total. The molecule has 0 aliphatic carbocycles. The number of alkyl halides is 3. The lowest BCUT2D eigenvalue weighted by Gasteiger charge is -2.29. The zero-order chi connectivity index (χ0) is 15.0. The number of nitriles is 1. The van der Waals surface area contributed by atoms with Crippen LogP contribution in [-0.4, -0.2) is 11.5 Å². The van der Waals surface area contributed by atoms with E-state index in [4.69, 9.17) is 5.26 Å². The van der Waals surface area contributed by atoms with Gasteiger partial charge >= 0.3 is 6.18 Å². The summed E-state index contributed by atoms with van der Waals surface area (Å²) in [7, 11) is 0. The first-order valence-corrected chi connectivity index (χ1v) is 7.15. The van der Waals surface area contributed by atoms with Gasteiger partial charge in [-0.05, 0) is 35.6 Å². The number of rotatable bonds is 1. The summed E-state index contributed by atoms with van der Waals surface area (Å²) >= 11 is 1.65. The molecule has 0 atom stereocenters. The van der Waals surface area contributed by atoms with Gasteiger partial charge < -0.3 is 4.90 Å². The van der Waals surface area contributed by atoms with Crippen LogP contribution in [0.4, 0.5) is 19.0 Å². The van der Waals surface area contributed by atoms with Crippen molar-refractivity contribution in [2.45, 2.75) is 19.1 Å². The highest BCUT2D eigenvalue weighted by Gasteiger charge is 2.34. The van der Waals surface area contributed by atoms with Crippen LogP contribution in [0.1, 0.15) is 21.7 Å². The van der Waals surface area contributed by atoms with Crippen molar-refractivity contribution in [2.24, 2.45) is 0 Å². The predicted molar refractivity (Wildman–Crippen MR) is 73.0 cm³/mol. The van der Waals surface area contributed by atoms with Crippen LogP contribution in [0.5, 0.6) is 0 Å². The van der Waals surface area contributed by atoms with Crippen LogP contribution in [0.2, 0.25) is 0 Å². The van der Waals surface area contributed by atoms with Gasteiger partial charge in [0.15, 0.2) is 0 Å². The Bertz CT molecular complexity index is 715. The number of nitrogens with zero attached hydrogens (tertiary/aromatic N) is 3. The van der Waals surface area contributed by atoms with Crippen molar-refractivity contribution in [3.05, 3.63) is 45.3 Å². The number of fused-ring (bicyclic) bond motifs is 1. The smallest absolute Gasteiger partial charge is 0.351 e. The van der Waals surface area contributed by atoms with Gasteiger partial charge in [0.05, 0.1) is 5.56 Å². The fourth-order valence-corrected chi connectivity index (χ4v) is 3.25. The second-order valence-electron chi connectivity index (χ2n) is 4.72. The molecule has 0 unspecified atom stereocenters. The summed E-state index contributed by atoms with van der Waals surface area (Å²) in [6, 6.07) is 5.92. The van der Waals surface area contributed by atoms with Gasteiger partial charge in [-0.2, -0.15) is 18.4 Å². The molecule has 0 bridgehead atoms. The number of thiophene rings is 1. The fourth-order valence-electron chi connectivity index (χ4n) is 2.36. The molecule has 21 heavy (non-hydrogen) atoms. The largest absolute Gasteiger partial charge is 0.433 e. The Labute approximate surface area is 123 Å². The number of aromatic nitrogens is 1. The van der Waals surface area contributed by atoms with E-state index < -0.39 is 11.9 Å². The van der Waals surface area contributed by atoms with E-state index in [-0.39, 0.29) is 11.4 Å². The Balaban J connectivity index is 2.00. The molecular weight excluding hydrogens is 299 g/mol. The molecule has 3 nitrogen and oxygen atoms in total. The molecule has 3 heterocycles. The first kappa shape index (κ1) is 13.9. The van der Waals surface area contributed by atoms with Crippen LogP contribution in [0.15, 0.2) is 23.6 Å². The van der Waals surface area contributed by atoms with E-state index in [1.54, 1.807) is 16.2 Å². The number of pyridine rings is 1. The van der Waals surface area contributed by atoms with Crippen LogP contribution < -0.4 is 4.90 Å². The Morgan fingerprint density at radius 2 is 2.10 bits per heavy atom. The van der Waals surface area contributed by atoms with Crippen molar-refractivity contribution < 1.29 is 13.2 Å². The van der Waals surface area contributed by atoms with Crippen molar-refractivity contribution in [3.8, 4) is 6.07 Å². The molecule has 2 aromatic rings. The maximum absolute atomic E-state index is 12.8. The molecule has 0 aromatic carbocycles. The van der Waals surface area contributed by atoms with E-state index in [2.05, 4.69) is 4.98 Å². The summed E-state index contributed by atoms with van der Waals surface area (Å²) < 4.78 is 38.4. The molecule has 0 saturated carbocycles. The zero-order valence-electron chi connectivity index (χ0n) is 10.8. The monoisotopic (exact) mass is 309 g/mol. The number of anilines is 1. The predicted octanol–water partition coefficient (Wildman–Crippen LogP) is 3.60. The Morgan fingerprint density at radius 1 is 1.29 bits per heavy atom. The van der Waals surface area contributed by atoms with Crippen LogP contribution in [-0.2, 0) is 19.1 Å². The molecule has 0 spiro atoms. The van der Waals surface area contributed by atoms with Crippen molar-refractivity contribution in [1.82, 2.24) is 4.98 Å². The molecule has 7 heteroatoms. The van der Waals surface area contributed by atoms with E-state index in [1.807, 2.05) is 17.5 Å². The molecule has 0 amide bonds. The molecule has 108 valence electrons. The summed E-state index contributed by atoms with van der Waals surface area (Å²) in [5, 5.41) is 11.1. The quantitative estimate of drug-likeness (QED) is 0.808. The molecule has 0 radical (unpaired) electrons. The molecule has 3 rings (SSSR count). The standard InChI is InChI=1S/C14H10F3N3S/c15-14(16,17)12-2-1-9(7-18)13(19-12)20-5-3-11-10(8-20)4-6-21-11/h1-2,4,6H,3,5,8H2. The second-order valence-corrected chi connectivity index (χ2v) is 5.72.